The maximum absolute atomic E-state index is 11.4. The monoisotopic (exact) mass is 340 g/mol. The molecule has 136 valence electrons. The Morgan fingerprint density at radius 2 is 1.96 bits per heavy atom. The van der Waals surface area contributed by atoms with Gasteiger partial charge in [-0.25, -0.2) is 0 Å². The summed E-state index contributed by atoms with van der Waals surface area (Å²) in [5, 5.41) is 0. The highest BCUT2D eigenvalue weighted by Crippen LogP contribution is 2.67. The molecule has 4 rings (SSSR count). The molecule has 0 saturated heterocycles. The fourth-order valence-electron chi connectivity index (χ4n) is 6.90. The Kier molecular flexibility index (Phi) is 3.83. The third-order valence-electron chi connectivity index (χ3n) is 8.54. The summed E-state index contributed by atoms with van der Waals surface area (Å²) in [4.78, 5) is 11.4. The van der Waals surface area contributed by atoms with Crippen molar-refractivity contribution < 1.29 is 9.53 Å². The average molecular weight is 341 g/mol. The molecule has 0 N–H and O–H groups in total. The molecule has 6 atom stereocenters. The molecule has 4 aliphatic rings. The molecule has 0 amide bonds. The van der Waals surface area contributed by atoms with Crippen LogP contribution in [0.2, 0.25) is 0 Å². The van der Waals surface area contributed by atoms with Gasteiger partial charge in [-0.05, 0) is 85.2 Å². The number of ether oxygens (including phenoxy) is 1. The molecule has 0 aromatic carbocycles. The van der Waals surface area contributed by atoms with Gasteiger partial charge in [0.05, 0.1) is 0 Å². The van der Waals surface area contributed by atoms with Crippen LogP contribution >= 0.6 is 0 Å². The SMILES string of the molecule is C=C1CCC2C3CCC4=CC(OC(C)=O)=C[C@H](C)C4(C)C3CCC12C. The van der Waals surface area contributed by atoms with Crippen molar-refractivity contribution in [3.63, 3.8) is 0 Å². The van der Waals surface area contributed by atoms with Crippen LogP contribution in [0.25, 0.3) is 0 Å². The smallest absolute Gasteiger partial charge is 0.308 e. The van der Waals surface area contributed by atoms with E-state index < -0.39 is 0 Å². The minimum absolute atomic E-state index is 0.217. The number of rotatable bonds is 1. The van der Waals surface area contributed by atoms with Crippen LogP contribution in [0.5, 0.6) is 0 Å². The zero-order chi connectivity index (χ0) is 18.0. The van der Waals surface area contributed by atoms with Crippen LogP contribution in [-0.2, 0) is 9.53 Å². The second kappa shape index (κ2) is 5.59. The lowest BCUT2D eigenvalue weighted by Gasteiger charge is -2.58. The Labute approximate surface area is 152 Å². The molecular weight excluding hydrogens is 308 g/mol. The Morgan fingerprint density at radius 1 is 1.20 bits per heavy atom. The quantitative estimate of drug-likeness (QED) is 0.445. The third kappa shape index (κ3) is 2.32. The van der Waals surface area contributed by atoms with E-state index in [-0.39, 0.29) is 11.4 Å². The maximum atomic E-state index is 11.4. The van der Waals surface area contributed by atoms with Crippen molar-refractivity contribution in [3.8, 4) is 0 Å². The van der Waals surface area contributed by atoms with Gasteiger partial charge in [-0.15, -0.1) is 0 Å². The van der Waals surface area contributed by atoms with Crippen molar-refractivity contribution in [1.82, 2.24) is 0 Å². The number of carbonyl (C=O) groups is 1. The standard InChI is InChI=1S/C23H32O2/c1-14-6-9-20-19-8-7-17-13-18(25-16(3)24)12-15(2)23(17,5)21(19)10-11-22(14,20)4/h12-13,15,19-21H,1,6-11H2,2-5H3/t15-,19?,20?,21?,22?,23?/m0/s1. The van der Waals surface area contributed by atoms with Gasteiger partial charge in [0.15, 0.2) is 0 Å². The first-order valence-corrected chi connectivity index (χ1v) is 10.1. The highest BCUT2D eigenvalue weighted by molar-refractivity contribution is 5.68. The van der Waals surface area contributed by atoms with Crippen molar-refractivity contribution in [2.24, 2.45) is 34.5 Å². The van der Waals surface area contributed by atoms with Crippen LogP contribution in [0.15, 0.2) is 35.6 Å². The van der Waals surface area contributed by atoms with E-state index in [2.05, 4.69) is 39.5 Å². The lowest BCUT2D eigenvalue weighted by atomic mass is 9.46. The first-order chi connectivity index (χ1) is 11.8. The molecule has 2 heteroatoms. The molecule has 0 aromatic heterocycles. The molecule has 5 unspecified atom stereocenters. The van der Waals surface area contributed by atoms with Crippen LogP contribution in [-0.4, -0.2) is 5.97 Å². The minimum atomic E-state index is -0.217. The Bertz CT molecular complexity index is 684. The number of allylic oxidation sites excluding steroid dienone is 4. The first-order valence-electron chi connectivity index (χ1n) is 10.1. The number of fused-ring (bicyclic) bond motifs is 5. The predicted octanol–water partition coefficient (Wildman–Crippen LogP) is 5.81. The van der Waals surface area contributed by atoms with E-state index in [0.29, 0.717) is 11.3 Å². The van der Waals surface area contributed by atoms with Gasteiger partial charge in [-0.1, -0.05) is 38.5 Å². The summed E-state index contributed by atoms with van der Waals surface area (Å²) >= 11 is 0. The number of esters is 1. The van der Waals surface area contributed by atoms with E-state index in [1.165, 1.54) is 50.2 Å². The Balaban J connectivity index is 1.67. The van der Waals surface area contributed by atoms with E-state index >= 15 is 0 Å². The van der Waals surface area contributed by atoms with Gasteiger partial charge in [0.1, 0.15) is 5.76 Å². The molecule has 0 radical (unpaired) electrons. The average Bonchev–Trinajstić information content (AvgIpc) is 2.84. The van der Waals surface area contributed by atoms with E-state index in [1.54, 1.807) is 0 Å². The highest BCUT2D eigenvalue weighted by atomic mass is 16.5. The first kappa shape index (κ1) is 17.1. The summed E-state index contributed by atoms with van der Waals surface area (Å²) in [7, 11) is 0. The minimum Gasteiger partial charge on any atom is -0.427 e. The zero-order valence-electron chi connectivity index (χ0n) is 16.2. The lowest BCUT2D eigenvalue weighted by molar-refractivity contribution is -0.136. The van der Waals surface area contributed by atoms with Crippen LogP contribution in [0, 0.1) is 34.5 Å². The largest absolute Gasteiger partial charge is 0.427 e. The van der Waals surface area contributed by atoms with Gasteiger partial charge < -0.3 is 4.74 Å². The second-order valence-electron chi connectivity index (χ2n) is 9.42. The van der Waals surface area contributed by atoms with Gasteiger partial charge in [0.25, 0.3) is 0 Å². The number of hydrogen-bond donors (Lipinski definition) is 0. The summed E-state index contributed by atoms with van der Waals surface area (Å²) in [5.74, 6) is 3.37. The fourth-order valence-corrected chi connectivity index (χ4v) is 6.90. The summed E-state index contributed by atoms with van der Waals surface area (Å²) < 4.78 is 5.43. The molecular formula is C23H32O2. The molecule has 3 saturated carbocycles. The molecule has 0 aliphatic heterocycles. The van der Waals surface area contributed by atoms with E-state index in [1.807, 2.05) is 0 Å². The second-order valence-corrected chi connectivity index (χ2v) is 9.42. The lowest BCUT2D eigenvalue weighted by Crippen LogP contribution is -2.51. The molecule has 4 aliphatic carbocycles. The molecule has 0 heterocycles. The van der Waals surface area contributed by atoms with Crippen molar-refractivity contribution in [3.05, 3.63) is 35.6 Å². The van der Waals surface area contributed by atoms with Crippen molar-refractivity contribution in [2.75, 3.05) is 0 Å². The number of carbonyl (C=O) groups excluding carboxylic acids is 1. The van der Waals surface area contributed by atoms with Crippen LogP contribution < -0.4 is 0 Å². The van der Waals surface area contributed by atoms with Gasteiger partial charge in [-0.2, -0.15) is 0 Å². The van der Waals surface area contributed by atoms with Gasteiger partial charge in [0.2, 0.25) is 0 Å². The van der Waals surface area contributed by atoms with Crippen LogP contribution in [0.4, 0.5) is 0 Å². The van der Waals surface area contributed by atoms with Crippen molar-refractivity contribution in [1.29, 1.82) is 0 Å². The van der Waals surface area contributed by atoms with E-state index in [4.69, 9.17) is 4.74 Å². The summed E-state index contributed by atoms with van der Waals surface area (Å²) in [6, 6.07) is 0. The van der Waals surface area contributed by atoms with Crippen molar-refractivity contribution in [2.45, 2.75) is 66.2 Å². The van der Waals surface area contributed by atoms with E-state index in [0.717, 1.165) is 29.9 Å². The Morgan fingerprint density at radius 3 is 2.68 bits per heavy atom. The Hall–Kier alpha value is -1.31. The van der Waals surface area contributed by atoms with E-state index in [9.17, 15) is 4.79 Å². The molecule has 0 spiro atoms. The summed E-state index contributed by atoms with van der Waals surface area (Å²) in [6.45, 7) is 13.2. The normalized spacial score (nSPS) is 45.7. The topological polar surface area (TPSA) is 26.3 Å². The molecule has 2 nitrogen and oxygen atoms in total. The molecule has 0 aromatic rings. The predicted molar refractivity (Wildman–Crippen MR) is 101 cm³/mol. The maximum Gasteiger partial charge on any atom is 0.308 e. The van der Waals surface area contributed by atoms with Gasteiger partial charge >= 0.3 is 5.97 Å². The summed E-state index contributed by atoms with van der Waals surface area (Å²) in [6.07, 6.45) is 12.0. The molecule has 3 fully saturated rings. The van der Waals surface area contributed by atoms with Crippen LogP contribution in [0.1, 0.15) is 66.2 Å². The summed E-state index contributed by atoms with van der Waals surface area (Å²) in [5.41, 5.74) is 3.63. The van der Waals surface area contributed by atoms with Gasteiger partial charge in [-0.3, -0.25) is 4.79 Å². The highest BCUT2D eigenvalue weighted by Gasteiger charge is 2.58. The number of hydrogen-bond acceptors (Lipinski definition) is 2. The fraction of sp³-hybridized carbons (Fsp3) is 0.696. The third-order valence-corrected chi connectivity index (χ3v) is 8.54. The van der Waals surface area contributed by atoms with Crippen LogP contribution in [0.3, 0.4) is 0 Å². The van der Waals surface area contributed by atoms with Crippen molar-refractivity contribution >= 4 is 5.97 Å². The zero-order valence-corrected chi connectivity index (χ0v) is 16.2. The van der Waals surface area contributed by atoms with Gasteiger partial charge in [0, 0.05) is 6.92 Å². The molecule has 0 bridgehead atoms. The molecule has 25 heavy (non-hydrogen) atoms.